The second-order valence-corrected chi connectivity index (χ2v) is 6.16. The fraction of sp³-hybridized carbons (Fsp3) is 0.846. The normalized spacial score (nSPS) is 30.4. The van der Waals surface area contributed by atoms with Crippen LogP contribution in [0.5, 0.6) is 0 Å². The molecule has 2 aliphatic rings. The minimum atomic E-state index is -0.543. The van der Waals surface area contributed by atoms with Crippen LogP contribution in [-0.2, 0) is 14.3 Å². The number of hydrogen-bond acceptors (Lipinski definition) is 4. The summed E-state index contributed by atoms with van der Waals surface area (Å²) in [5.74, 6) is 0.775. The summed E-state index contributed by atoms with van der Waals surface area (Å²) in [6.45, 7) is 6.07. The van der Waals surface area contributed by atoms with E-state index in [-0.39, 0.29) is 5.97 Å². The summed E-state index contributed by atoms with van der Waals surface area (Å²) in [6.07, 6.45) is 1.40. The Bertz CT molecular complexity index is 360. The third-order valence-electron chi connectivity index (χ3n) is 3.50. The number of rotatable bonds is 1. The molecular formula is C13H21NO4. The molecule has 5 heteroatoms. The summed E-state index contributed by atoms with van der Waals surface area (Å²) < 4.78 is 10.1. The van der Waals surface area contributed by atoms with Crippen molar-refractivity contribution in [1.82, 2.24) is 4.90 Å². The van der Waals surface area contributed by atoms with Crippen molar-refractivity contribution in [1.29, 1.82) is 0 Å². The number of piperidine rings is 1. The van der Waals surface area contributed by atoms with Crippen molar-refractivity contribution in [3.8, 4) is 0 Å². The number of fused-ring (bicyclic) bond motifs is 1. The lowest BCUT2D eigenvalue weighted by molar-refractivity contribution is -0.148. The first-order chi connectivity index (χ1) is 8.31. The Morgan fingerprint density at radius 3 is 2.39 bits per heavy atom. The van der Waals surface area contributed by atoms with E-state index in [1.54, 1.807) is 0 Å². The summed E-state index contributed by atoms with van der Waals surface area (Å²) in [5, 5.41) is 0. The van der Waals surface area contributed by atoms with Gasteiger partial charge in [-0.15, -0.1) is 0 Å². The smallest absolute Gasteiger partial charge is 0.411 e. The maximum atomic E-state index is 12.1. The predicted octanol–water partition coefficient (Wildman–Crippen LogP) is 1.80. The summed E-state index contributed by atoms with van der Waals surface area (Å²) in [5.41, 5.74) is -0.543. The SMILES string of the molecule is COC(=O)[C@H]1C[C@H]2C[C@H]2CN1C(=O)OC(C)(C)C. The van der Waals surface area contributed by atoms with Gasteiger partial charge >= 0.3 is 12.1 Å². The van der Waals surface area contributed by atoms with E-state index in [1.165, 1.54) is 12.0 Å². The van der Waals surface area contributed by atoms with Crippen molar-refractivity contribution in [2.24, 2.45) is 11.8 Å². The molecule has 3 atom stereocenters. The molecule has 0 aromatic carbocycles. The van der Waals surface area contributed by atoms with Crippen molar-refractivity contribution >= 4 is 12.1 Å². The molecule has 18 heavy (non-hydrogen) atoms. The first-order valence-corrected chi connectivity index (χ1v) is 6.39. The molecule has 5 nitrogen and oxygen atoms in total. The molecule has 0 unspecified atom stereocenters. The Hall–Kier alpha value is -1.26. The largest absolute Gasteiger partial charge is 0.467 e. The molecular weight excluding hydrogens is 234 g/mol. The Kier molecular flexibility index (Phi) is 3.25. The molecule has 1 aliphatic carbocycles. The van der Waals surface area contributed by atoms with Gasteiger partial charge in [0.25, 0.3) is 0 Å². The van der Waals surface area contributed by atoms with E-state index in [9.17, 15) is 9.59 Å². The van der Waals surface area contributed by atoms with Gasteiger partial charge in [0.1, 0.15) is 11.6 Å². The standard InChI is InChI=1S/C13H21NO4/c1-13(2,3)18-12(16)14-7-9-5-8(9)6-10(14)11(15)17-4/h8-10H,5-7H2,1-4H3/t8-,9+,10-/m1/s1. The zero-order chi connectivity index (χ0) is 13.5. The molecule has 0 aromatic rings. The van der Waals surface area contributed by atoms with E-state index in [4.69, 9.17) is 9.47 Å². The summed E-state index contributed by atoms with van der Waals surface area (Å²) >= 11 is 0. The van der Waals surface area contributed by atoms with Gasteiger partial charge in [-0.1, -0.05) is 0 Å². The van der Waals surface area contributed by atoms with Crippen molar-refractivity contribution in [3.05, 3.63) is 0 Å². The number of ether oxygens (including phenoxy) is 2. The van der Waals surface area contributed by atoms with Gasteiger partial charge in [-0.25, -0.2) is 9.59 Å². The van der Waals surface area contributed by atoms with E-state index >= 15 is 0 Å². The molecule has 0 bridgehead atoms. The number of carbonyl (C=O) groups is 2. The molecule has 102 valence electrons. The summed E-state index contributed by atoms with van der Waals surface area (Å²) in [7, 11) is 1.36. The van der Waals surface area contributed by atoms with Crippen LogP contribution in [-0.4, -0.2) is 42.3 Å². The fourth-order valence-corrected chi connectivity index (χ4v) is 2.50. The zero-order valence-corrected chi connectivity index (χ0v) is 11.4. The Morgan fingerprint density at radius 1 is 1.17 bits per heavy atom. The molecule has 0 radical (unpaired) electrons. The van der Waals surface area contributed by atoms with Crippen molar-refractivity contribution in [2.45, 2.75) is 45.3 Å². The highest BCUT2D eigenvalue weighted by Crippen LogP contribution is 2.47. The van der Waals surface area contributed by atoms with Crippen LogP contribution in [0.25, 0.3) is 0 Å². The van der Waals surface area contributed by atoms with Gasteiger partial charge in [-0.3, -0.25) is 4.90 Å². The van der Waals surface area contributed by atoms with E-state index in [0.29, 0.717) is 24.8 Å². The number of likely N-dealkylation sites (tertiary alicyclic amines) is 1. The Morgan fingerprint density at radius 2 is 1.83 bits per heavy atom. The second kappa shape index (κ2) is 4.44. The van der Waals surface area contributed by atoms with Gasteiger partial charge in [-0.05, 0) is 45.4 Å². The Balaban J connectivity index is 2.07. The van der Waals surface area contributed by atoms with Crippen LogP contribution in [0.3, 0.4) is 0 Å². The highest BCUT2D eigenvalue weighted by molar-refractivity contribution is 5.82. The fourth-order valence-electron chi connectivity index (χ4n) is 2.50. The predicted molar refractivity (Wildman–Crippen MR) is 65.0 cm³/mol. The number of carbonyl (C=O) groups excluding carboxylic acids is 2. The maximum absolute atomic E-state index is 12.1. The van der Waals surface area contributed by atoms with Crippen molar-refractivity contribution in [3.63, 3.8) is 0 Å². The van der Waals surface area contributed by atoms with Crippen LogP contribution >= 0.6 is 0 Å². The lowest BCUT2D eigenvalue weighted by Gasteiger charge is -2.34. The van der Waals surface area contributed by atoms with Gasteiger partial charge in [-0.2, -0.15) is 0 Å². The lowest BCUT2D eigenvalue weighted by atomic mass is 10.0. The van der Waals surface area contributed by atoms with Gasteiger partial charge in [0.05, 0.1) is 7.11 Å². The first kappa shape index (κ1) is 13.2. The van der Waals surface area contributed by atoms with E-state index in [2.05, 4.69) is 0 Å². The van der Waals surface area contributed by atoms with Crippen molar-refractivity contribution in [2.75, 3.05) is 13.7 Å². The third-order valence-corrected chi connectivity index (χ3v) is 3.50. The molecule has 0 aromatic heterocycles. The molecule has 1 amide bonds. The molecule has 0 spiro atoms. The minimum absolute atomic E-state index is 0.341. The molecule has 0 N–H and O–H groups in total. The van der Waals surface area contributed by atoms with Gasteiger partial charge in [0.2, 0.25) is 0 Å². The molecule has 2 fully saturated rings. The average molecular weight is 255 g/mol. The quantitative estimate of drug-likeness (QED) is 0.670. The monoisotopic (exact) mass is 255 g/mol. The van der Waals surface area contributed by atoms with Gasteiger partial charge in [0, 0.05) is 6.54 Å². The molecule has 1 heterocycles. The first-order valence-electron chi connectivity index (χ1n) is 6.39. The summed E-state index contributed by atoms with van der Waals surface area (Å²) in [6, 6.07) is -0.478. The van der Waals surface area contributed by atoms with Gasteiger partial charge in [0.15, 0.2) is 0 Å². The topological polar surface area (TPSA) is 55.8 Å². The molecule has 1 saturated carbocycles. The third kappa shape index (κ3) is 2.76. The van der Waals surface area contributed by atoms with Crippen LogP contribution in [0.4, 0.5) is 4.79 Å². The average Bonchev–Trinajstić information content (AvgIpc) is 3.01. The summed E-state index contributed by atoms with van der Waals surface area (Å²) in [4.78, 5) is 25.4. The van der Waals surface area contributed by atoms with Gasteiger partial charge < -0.3 is 9.47 Å². The molecule has 1 aliphatic heterocycles. The highest BCUT2D eigenvalue weighted by Gasteiger charge is 2.50. The van der Waals surface area contributed by atoms with Crippen LogP contribution in [0.2, 0.25) is 0 Å². The minimum Gasteiger partial charge on any atom is -0.467 e. The molecule has 1 saturated heterocycles. The van der Waals surface area contributed by atoms with E-state index in [1.807, 2.05) is 20.8 Å². The maximum Gasteiger partial charge on any atom is 0.411 e. The number of hydrogen-bond donors (Lipinski definition) is 0. The number of esters is 1. The second-order valence-electron chi connectivity index (χ2n) is 6.16. The molecule has 2 rings (SSSR count). The van der Waals surface area contributed by atoms with E-state index < -0.39 is 17.7 Å². The number of nitrogens with zero attached hydrogens (tertiary/aromatic N) is 1. The van der Waals surface area contributed by atoms with Crippen LogP contribution in [0, 0.1) is 11.8 Å². The highest BCUT2D eigenvalue weighted by atomic mass is 16.6. The van der Waals surface area contributed by atoms with Crippen LogP contribution in [0.1, 0.15) is 33.6 Å². The van der Waals surface area contributed by atoms with E-state index in [0.717, 1.165) is 6.42 Å². The Labute approximate surface area is 107 Å². The number of amides is 1. The van der Waals surface area contributed by atoms with Crippen molar-refractivity contribution < 1.29 is 19.1 Å². The zero-order valence-electron chi connectivity index (χ0n) is 11.4. The van der Waals surface area contributed by atoms with Crippen LogP contribution < -0.4 is 0 Å². The number of methoxy groups -OCH3 is 1. The van der Waals surface area contributed by atoms with Crippen LogP contribution in [0.15, 0.2) is 0 Å². The lowest BCUT2D eigenvalue weighted by Crippen LogP contribution is -2.50.